The second-order valence-electron chi connectivity index (χ2n) is 8.97. The fraction of sp³-hybridized carbons (Fsp3) is 0.0690. The van der Waals surface area contributed by atoms with Crippen LogP contribution in [0.5, 0.6) is 11.5 Å². The van der Waals surface area contributed by atoms with Gasteiger partial charge in [-0.1, -0.05) is 23.7 Å². The highest BCUT2D eigenvalue weighted by molar-refractivity contribution is 7.80. The first-order chi connectivity index (χ1) is 20.3. The Morgan fingerprint density at radius 2 is 1.49 bits per heavy atom. The smallest absolute Gasteiger partial charge is 0.240 e. The maximum Gasteiger partial charge on any atom is 0.240 e. The van der Waals surface area contributed by atoms with Crippen molar-refractivity contribution in [1.29, 1.82) is 0 Å². The van der Waals surface area contributed by atoms with Crippen molar-refractivity contribution in [2.45, 2.75) is 11.8 Å². The number of hydrogen-bond donors (Lipinski definition) is 0. The van der Waals surface area contributed by atoms with Gasteiger partial charge in [0.1, 0.15) is 22.4 Å². The molecule has 222 valence electrons. The number of hydrogen-bond acceptors (Lipinski definition) is 4. The summed E-state index contributed by atoms with van der Waals surface area (Å²) in [6, 6.07) is 10.9. The summed E-state index contributed by atoms with van der Waals surface area (Å²) in [5.74, 6) is -14.8. The SMILES string of the molecule is COc1cc(-c2cccc(F)c2)c(F)cc1-n1c(C)c(Cl)c(=O)c2cc(S(=O)Oc3c(F)c(F)c(F)c(F)c3F)ccc21. The van der Waals surface area contributed by atoms with Crippen LogP contribution in [0.3, 0.4) is 0 Å². The molecule has 14 heteroatoms. The van der Waals surface area contributed by atoms with Gasteiger partial charge < -0.3 is 13.5 Å². The van der Waals surface area contributed by atoms with Crippen molar-refractivity contribution in [3.8, 4) is 28.3 Å². The second-order valence-corrected chi connectivity index (χ2v) is 10.5. The molecule has 1 atom stereocenters. The summed E-state index contributed by atoms with van der Waals surface area (Å²) in [5, 5.41) is -0.563. The molecule has 0 saturated heterocycles. The van der Waals surface area contributed by atoms with E-state index in [9.17, 15) is 35.3 Å². The lowest BCUT2D eigenvalue weighted by Gasteiger charge is -2.20. The molecular weight excluding hydrogens is 627 g/mol. The van der Waals surface area contributed by atoms with Gasteiger partial charge in [-0.3, -0.25) is 4.79 Å². The Hall–Kier alpha value is -4.36. The van der Waals surface area contributed by atoms with Gasteiger partial charge in [-0.25, -0.2) is 26.2 Å². The van der Waals surface area contributed by atoms with E-state index < -0.39 is 67.9 Å². The van der Waals surface area contributed by atoms with Crippen molar-refractivity contribution >= 4 is 33.6 Å². The van der Waals surface area contributed by atoms with Crippen LogP contribution in [0.1, 0.15) is 5.69 Å². The summed E-state index contributed by atoms with van der Waals surface area (Å²) in [6.07, 6.45) is 0. The van der Waals surface area contributed by atoms with Gasteiger partial charge in [-0.05, 0) is 48.9 Å². The third-order valence-electron chi connectivity index (χ3n) is 6.47. The molecule has 0 radical (unpaired) electrons. The first kappa shape index (κ1) is 30.1. The van der Waals surface area contributed by atoms with E-state index in [-0.39, 0.29) is 44.2 Å². The highest BCUT2D eigenvalue weighted by Crippen LogP contribution is 2.36. The molecular formula is C29H15ClF7NO4S. The molecule has 1 unspecified atom stereocenters. The number of nitrogens with zero attached hydrogens (tertiary/aromatic N) is 1. The molecule has 0 spiro atoms. The lowest BCUT2D eigenvalue weighted by molar-refractivity contribution is 0.352. The third-order valence-corrected chi connectivity index (χ3v) is 7.87. The standard InChI is InChI=1S/C29H15ClF7NO4S/c1-12-22(30)28(39)17-9-15(43(40)42-29-26(36)24(34)23(33)25(35)27(29)37)6-7-19(17)38(12)20-11-18(32)16(10-21(20)41-2)13-4-3-5-14(31)8-13/h3-11H,1-2H3. The van der Waals surface area contributed by atoms with Crippen LogP contribution in [-0.4, -0.2) is 15.9 Å². The Morgan fingerprint density at radius 3 is 2.12 bits per heavy atom. The van der Waals surface area contributed by atoms with Gasteiger partial charge in [0.25, 0.3) is 0 Å². The molecule has 5 rings (SSSR count). The summed E-state index contributed by atoms with van der Waals surface area (Å²) in [5.41, 5.74) is -0.255. The van der Waals surface area contributed by atoms with Crippen molar-refractivity contribution in [3.05, 3.63) is 116 Å². The zero-order chi connectivity index (χ0) is 31.3. The molecule has 0 N–H and O–H groups in total. The van der Waals surface area contributed by atoms with Crippen LogP contribution in [0, 0.1) is 47.6 Å². The minimum Gasteiger partial charge on any atom is -0.495 e. The Labute approximate surface area is 245 Å². The maximum absolute atomic E-state index is 15.4. The molecule has 0 aliphatic carbocycles. The molecule has 5 nitrogen and oxygen atoms in total. The van der Waals surface area contributed by atoms with Gasteiger partial charge in [0, 0.05) is 22.7 Å². The summed E-state index contributed by atoms with van der Waals surface area (Å²) < 4.78 is 122. The number of ether oxygens (including phenoxy) is 1. The van der Waals surface area contributed by atoms with E-state index in [0.717, 1.165) is 24.3 Å². The summed E-state index contributed by atoms with van der Waals surface area (Å²) >= 11 is 3.43. The van der Waals surface area contributed by atoms with Gasteiger partial charge in [0.15, 0.2) is 0 Å². The number of halogens is 8. The number of rotatable bonds is 6. The maximum atomic E-state index is 15.4. The molecule has 0 saturated carbocycles. The van der Waals surface area contributed by atoms with Crippen LogP contribution < -0.4 is 14.3 Å². The minimum absolute atomic E-state index is 0.0113. The number of fused-ring (bicyclic) bond motifs is 1. The van der Waals surface area contributed by atoms with Gasteiger partial charge in [0.2, 0.25) is 51.3 Å². The zero-order valence-electron chi connectivity index (χ0n) is 21.7. The molecule has 0 amide bonds. The third kappa shape index (κ3) is 5.12. The predicted octanol–water partition coefficient (Wildman–Crippen LogP) is 7.70. The Bertz CT molecular complexity index is 2020. The van der Waals surface area contributed by atoms with E-state index in [0.29, 0.717) is 0 Å². The van der Waals surface area contributed by atoms with Gasteiger partial charge in [-0.2, -0.15) is 8.78 Å². The zero-order valence-corrected chi connectivity index (χ0v) is 23.3. The van der Waals surface area contributed by atoms with Crippen LogP contribution in [0.2, 0.25) is 5.02 Å². The highest BCUT2D eigenvalue weighted by Gasteiger charge is 2.29. The van der Waals surface area contributed by atoms with E-state index in [2.05, 4.69) is 4.18 Å². The van der Waals surface area contributed by atoms with Crippen LogP contribution in [-0.2, 0) is 11.1 Å². The van der Waals surface area contributed by atoms with E-state index in [1.165, 1.54) is 48.9 Å². The molecule has 4 aromatic carbocycles. The summed E-state index contributed by atoms with van der Waals surface area (Å²) in [6.45, 7) is 1.46. The molecule has 0 aliphatic heterocycles. The number of methoxy groups -OCH3 is 1. The Morgan fingerprint density at radius 1 is 0.837 bits per heavy atom. The molecule has 5 aromatic rings. The van der Waals surface area contributed by atoms with Crippen LogP contribution in [0.25, 0.3) is 27.7 Å². The second kappa shape index (κ2) is 11.4. The molecule has 0 fully saturated rings. The van der Waals surface area contributed by atoms with Crippen molar-refractivity contribution in [1.82, 2.24) is 4.57 Å². The van der Waals surface area contributed by atoms with Crippen molar-refractivity contribution in [2.75, 3.05) is 7.11 Å². The van der Waals surface area contributed by atoms with Crippen LogP contribution in [0.15, 0.2) is 64.3 Å². The molecule has 43 heavy (non-hydrogen) atoms. The van der Waals surface area contributed by atoms with Crippen molar-refractivity contribution < 1.29 is 43.9 Å². The fourth-order valence-corrected chi connectivity index (χ4v) is 5.38. The monoisotopic (exact) mass is 641 g/mol. The van der Waals surface area contributed by atoms with Gasteiger partial charge in [0.05, 0.1) is 23.2 Å². The van der Waals surface area contributed by atoms with Crippen LogP contribution >= 0.6 is 11.6 Å². The predicted molar refractivity (Wildman–Crippen MR) is 144 cm³/mol. The first-order valence-corrected chi connectivity index (χ1v) is 13.4. The Kier molecular flexibility index (Phi) is 7.97. The van der Waals surface area contributed by atoms with E-state index >= 15 is 4.39 Å². The molecule has 0 aliphatic rings. The van der Waals surface area contributed by atoms with Crippen LogP contribution in [0.4, 0.5) is 30.7 Å². The molecule has 0 bridgehead atoms. The molecule has 1 heterocycles. The number of aromatic nitrogens is 1. The van der Waals surface area contributed by atoms with E-state index in [1.54, 1.807) is 0 Å². The Balaban J connectivity index is 1.66. The lowest BCUT2D eigenvalue weighted by atomic mass is 10.0. The quantitative estimate of drug-likeness (QED) is 0.108. The average molecular weight is 642 g/mol. The lowest BCUT2D eigenvalue weighted by Crippen LogP contribution is -2.15. The summed E-state index contributed by atoms with van der Waals surface area (Å²) in [7, 11) is 1.30. The first-order valence-electron chi connectivity index (χ1n) is 12.0. The highest BCUT2D eigenvalue weighted by atomic mass is 35.5. The summed E-state index contributed by atoms with van der Waals surface area (Å²) in [4.78, 5) is 12.7. The minimum atomic E-state index is -2.88. The molecule has 1 aromatic heterocycles. The van der Waals surface area contributed by atoms with Gasteiger partial charge in [-0.15, -0.1) is 0 Å². The number of benzene rings is 4. The largest absolute Gasteiger partial charge is 0.495 e. The topological polar surface area (TPSA) is 57.5 Å². The van der Waals surface area contributed by atoms with E-state index in [4.69, 9.17) is 16.3 Å². The number of pyridine rings is 1. The normalized spacial score (nSPS) is 12.0. The van der Waals surface area contributed by atoms with Gasteiger partial charge >= 0.3 is 0 Å². The van der Waals surface area contributed by atoms with Crippen molar-refractivity contribution in [2.24, 2.45) is 0 Å². The average Bonchev–Trinajstić information content (AvgIpc) is 3.00. The fourth-order valence-electron chi connectivity index (χ4n) is 4.41. The van der Waals surface area contributed by atoms with E-state index in [1.807, 2.05) is 0 Å². The van der Waals surface area contributed by atoms with Crippen molar-refractivity contribution in [3.63, 3.8) is 0 Å².